The van der Waals surface area contributed by atoms with Crippen molar-refractivity contribution in [1.29, 1.82) is 0 Å². The van der Waals surface area contributed by atoms with Crippen LogP contribution in [0.15, 0.2) is 12.5 Å². The number of carbonyl (C=O) groups is 5. The first kappa shape index (κ1) is 34.0. The van der Waals surface area contributed by atoms with Crippen molar-refractivity contribution in [3.05, 3.63) is 18.2 Å². The third-order valence-electron chi connectivity index (χ3n) is 6.78. The van der Waals surface area contributed by atoms with Crippen LogP contribution in [0, 0.1) is 5.92 Å². The predicted molar refractivity (Wildman–Crippen MR) is 153 cm³/mol. The van der Waals surface area contributed by atoms with Crippen LogP contribution in [0.3, 0.4) is 0 Å². The van der Waals surface area contributed by atoms with Gasteiger partial charge in [0, 0.05) is 24.9 Å². The predicted octanol–water partition coefficient (Wildman–Crippen LogP) is -1.01. The molecular weight excluding hydrogens is 554 g/mol. The number of carbonyl (C=O) groups excluding carboxylic acids is 4. The van der Waals surface area contributed by atoms with Gasteiger partial charge in [0.2, 0.25) is 23.6 Å². The van der Waals surface area contributed by atoms with E-state index in [9.17, 15) is 34.2 Å². The maximum atomic E-state index is 13.5. The summed E-state index contributed by atoms with van der Waals surface area (Å²) in [4.78, 5) is 72.4. The Morgan fingerprint density at radius 1 is 1.15 bits per heavy atom. The largest absolute Gasteiger partial charge is 0.480 e. The number of hydrogen-bond donors (Lipinski definition) is 7. The van der Waals surface area contributed by atoms with E-state index < -0.39 is 65.9 Å². The van der Waals surface area contributed by atoms with Gasteiger partial charge < -0.3 is 41.8 Å². The van der Waals surface area contributed by atoms with Crippen LogP contribution >= 0.6 is 11.8 Å². The fraction of sp³-hybridized carbons (Fsp3) is 0.692. The van der Waals surface area contributed by atoms with E-state index in [4.69, 9.17) is 5.73 Å². The van der Waals surface area contributed by atoms with E-state index >= 15 is 0 Å². The molecule has 0 aliphatic carbocycles. The second kappa shape index (κ2) is 16.3. The van der Waals surface area contributed by atoms with Gasteiger partial charge in [-0.3, -0.25) is 19.2 Å². The molecule has 8 N–H and O–H groups in total. The van der Waals surface area contributed by atoms with Crippen LogP contribution < -0.4 is 21.7 Å². The molecular formula is C26H43N7O7S. The lowest BCUT2D eigenvalue weighted by Crippen LogP contribution is -2.61. The summed E-state index contributed by atoms with van der Waals surface area (Å²) < 4.78 is 0. The summed E-state index contributed by atoms with van der Waals surface area (Å²) in [5, 5.41) is 27.6. The quantitative estimate of drug-likeness (QED) is 0.123. The van der Waals surface area contributed by atoms with E-state index in [1.54, 1.807) is 0 Å². The third-order valence-corrected chi connectivity index (χ3v) is 7.43. The molecule has 0 saturated carbocycles. The molecule has 1 saturated heterocycles. The van der Waals surface area contributed by atoms with E-state index in [-0.39, 0.29) is 25.3 Å². The first-order valence-electron chi connectivity index (χ1n) is 13.7. The van der Waals surface area contributed by atoms with Gasteiger partial charge in [-0.1, -0.05) is 13.8 Å². The Labute approximate surface area is 244 Å². The molecule has 1 aliphatic heterocycles. The number of nitrogens with one attached hydrogen (secondary N) is 4. The van der Waals surface area contributed by atoms with Crippen molar-refractivity contribution >= 4 is 41.4 Å². The van der Waals surface area contributed by atoms with Crippen molar-refractivity contribution in [2.75, 3.05) is 18.6 Å². The second-order valence-corrected chi connectivity index (χ2v) is 11.7. The number of H-pyrrole nitrogens is 1. The molecule has 230 valence electrons. The third kappa shape index (κ3) is 10.3. The molecule has 2 heterocycles. The number of rotatable bonds is 16. The molecule has 0 radical (unpaired) electrons. The highest BCUT2D eigenvalue weighted by Crippen LogP contribution is 2.20. The number of aliphatic hydroxyl groups excluding tert-OH is 1. The average molecular weight is 598 g/mol. The van der Waals surface area contributed by atoms with Gasteiger partial charge in [-0.2, -0.15) is 11.8 Å². The Morgan fingerprint density at radius 2 is 1.85 bits per heavy atom. The minimum absolute atomic E-state index is 0.0219. The molecule has 0 aromatic carbocycles. The molecule has 1 aromatic heterocycles. The summed E-state index contributed by atoms with van der Waals surface area (Å²) in [7, 11) is 0. The molecule has 0 spiro atoms. The highest BCUT2D eigenvalue weighted by Gasteiger charge is 2.41. The maximum Gasteiger partial charge on any atom is 0.326 e. The van der Waals surface area contributed by atoms with Gasteiger partial charge >= 0.3 is 5.97 Å². The van der Waals surface area contributed by atoms with E-state index in [1.165, 1.54) is 36.1 Å². The highest BCUT2D eigenvalue weighted by atomic mass is 32.2. The van der Waals surface area contributed by atoms with Gasteiger partial charge in [0.25, 0.3) is 0 Å². The topological polar surface area (TPSA) is 220 Å². The number of aromatic nitrogens is 2. The van der Waals surface area contributed by atoms with Crippen molar-refractivity contribution in [3.8, 4) is 0 Å². The molecule has 0 unspecified atom stereocenters. The van der Waals surface area contributed by atoms with Crippen LogP contribution in [0.1, 0.15) is 52.1 Å². The summed E-state index contributed by atoms with van der Waals surface area (Å²) >= 11 is 1.45. The van der Waals surface area contributed by atoms with Crippen LogP contribution in [0.4, 0.5) is 0 Å². The smallest absolute Gasteiger partial charge is 0.326 e. The molecule has 1 fully saturated rings. The number of amides is 4. The number of thioether (sulfide) groups is 1. The van der Waals surface area contributed by atoms with Crippen molar-refractivity contribution in [2.45, 2.75) is 89.2 Å². The van der Waals surface area contributed by atoms with Crippen molar-refractivity contribution in [3.63, 3.8) is 0 Å². The Hall–Kier alpha value is -3.17. The summed E-state index contributed by atoms with van der Waals surface area (Å²) in [5.74, 6) is -3.06. The summed E-state index contributed by atoms with van der Waals surface area (Å²) in [6.07, 6.45) is 4.84. The van der Waals surface area contributed by atoms with E-state index in [0.29, 0.717) is 30.7 Å². The minimum atomic E-state index is -1.42. The monoisotopic (exact) mass is 597 g/mol. The molecule has 14 nitrogen and oxygen atoms in total. The Morgan fingerprint density at radius 3 is 2.41 bits per heavy atom. The summed E-state index contributed by atoms with van der Waals surface area (Å²) in [5.41, 5.74) is 6.55. The normalized spacial score (nSPS) is 18.7. The fourth-order valence-corrected chi connectivity index (χ4v) is 5.08. The van der Waals surface area contributed by atoms with Crippen LogP contribution in [0.2, 0.25) is 0 Å². The lowest BCUT2D eigenvalue weighted by molar-refractivity contribution is -0.146. The molecule has 1 aliphatic rings. The molecule has 4 amide bonds. The number of nitrogens with two attached hydrogens (primary N) is 1. The zero-order valence-electron chi connectivity index (χ0n) is 24.0. The molecule has 41 heavy (non-hydrogen) atoms. The standard InChI is InChI=1S/C26H43N7O7S/c1-14(2)10-17(27)22(35)31-19(11-16-12-28-13-29-16)23(36)32-21(15(3)34)25(38)33-8-5-6-20(33)24(37)30-18(26(39)40)7-9-41-4/h12-15,17-21,34H,5-11,27H2,1-4H3,(H,28,29)(H,30,37)(H,31,35)(H,32,36)(H,39,40)/t15-,17+,18+,19+,20+,21+/m1/s1. The Kier molecular flexibility index (Phi) is 13.5. The van der Waals surface area contributed by atoms with E-state index in [1.807, 2.05) is 20.1 Å². The summed E-state index contributed by atoms with van der Waals surface area (Å²) in [6, 6.07) is -5.47. The van der Waals surface area contributed by atoms with Crippen LogP contribution in [-0.2, 0) is 30.4 Å². The molecule has 0 bridgehead atoms. The van der Waals surface area contributed by atoms with Crippen molar-refractivity contribution in [2.24, 2.45) is 11.7 Å². The number of aliphatic hydroxyl groups is 1. The lowest BCUT2D eigenvalue weighted by Gasteiger charge is -2.31. The van der Waals surface area contributed by atoms with Crippen LogP contribution in [0.5, 0.6) is 0 Å². The molecule has 6 atom stereocenters. The number of likely N-dealkylation sites (tertiary alicyclic amines) is 1. The lowest BCUT2D eigenvalue weighted by atomic mass is 10.0. The Balaban J connectivity index is 2.18. The van der Waals surface area contributed by atoms with Gasteiger partial charge in [-0.15, -0.1) is 0 Å². The number of carboxylic acids is 1. The number of aromatic amines is 1. The van der Waals surface area contributed by atoms with Gasteiger partial charge in [0.15, 0.2) is 0 Å². The Bertz CT molecular complexity index is 1040. The highest BCUT2D eigenvalue weighted by molar-refractivity contribution is 7.98. The van der Waals surface area contributed by atoms with Crippen molar-refractivity contribution < 1.29 is 34.2 Å². The van der Waals surface area contributed by atoms with Crippen molar-refractivity contribution in [1.82, 2.24) is 30.8 Å². The fourth-order valence-electron chi connectivity index (χ4n) is 4.60. The maximum absolute atomic E-state index is 13.5. The number of nitrogens with zero attached hydrogens (tertiary/aromatic N) is 2. The number of hydrogen-bond acceptors (Lipinski definition) is 9. The first-order chi connectivity index (χ1) is 19.3. The zero-order valence-corrected chi connectivity index (χ0v) is 24.8. The molecule has 1 aromatic rings. The second-order valence-electron chi connectivity index (χ2n) is 10.7. The van der Waals surface area contributed by atoms with Gasteiger partial charge in [-0.25, -0.2) is 9.78 Å². The van der Waals surface area contributed by atoms with Gasteiger partial charge in [-0.05, 0) is 50.5 Å². The summed E-state index contributed by atoms with van der Waals surface area (Å²) in [6.45, 7) is 5.35. The van der Waals surface area contributed by atoms with Gasteiger partial charge in [0.1, 0.15) is 24.2 Å². The zero-order chi connectivity index (χ0) is 30.7. The van der Waals surface area contributed by atoms with Crippen LogP contribution in [-0.4, -0.2) is 110 Å². The van der Waals surface area contributed by atoms with Gasteiger partial charge in [0.05, 0.1) is 18.5 Å². The van der Waals surface area contributed by atoms with E-state index in [0.717, 1.165) is 0 Å². The molecule has 15 heteroatoms. The minimum Gasteiger partial charge on any atom is -0.480 e. The SMILES string of the molecule is CSCC[C@H](NC(=O)[C@@H]1CCCN1C(=O)[C@@H](NC(=O)[C@H](Cc1cnc[nH]1)NC(=O)[C@@H](N)CC(C)C)[C@@H](C)O)C(=O)O. The van der Waals surface area contributed by atoms with E-state index in [2.05, 4.69) is 25.9 Å². The molecule has 2 rings (SSSR count). The number of aliphatic carboxylic acids is 1. The number of carboxylic acid groups (broad SMARTS) is 1. The van der Waals surface area contributed by atoms with Crippen LogP contribution in [0.25, 0.3) is 0 Å². The number of imidazole rings is 1. The average Bonchev–Trinajstić information content (AvgIpc) is 3.60. The first-order valence-corrected chi connectivity index (χ1v) is 15.1.